The Hall–Kier alpha value is -0.860. The van der Waals surface area contributed by atoms with Gasteiger partial charge in [0.15, 0.2) is 11.8 Å². The Morgan fingerprint density at radius 3 is 2.68 bits per heavy atom. The molecule has 22 heavy (non-hydrogen) atoms. The molecule has 1 aromatic rings. The second kappa shape index (κ2) is 8.12. The fourth-order valence-electron chi connectivity index (χ4n) is 2.51. The van der Waals surface area contributed by atoms with Gasteiger partial charge in [-0.3, -0.25) is 4.99 Å². The number of guanidine groups is 1. The van der Waals surface area contributed by atoms with E-state index in [1.165, 1.54) is 6.42 Å². The van der Waals surface area contributed by atoms with Gasteiger partial charge < -0.3 is 14.7 Å². The maximum Gasteiger partial charge on any atom is 0.228 e. The molecule has 6 nitrogen and oxygen atoms in total. The number of aromatic nitrogens is 2. The molecule has 7 heteroatoms. The van der Waals surface area contributed by atoms with Gasteiger partial charge in [0.2, 0.25) is 5.89 Å². The molecule has 0 spiro atoms. The molecule has 1 saturated heterocycles. The second-order valence-corrected chi connectivity index (χ2v) is 6.76. The summed E-state index contributed by atoms with van der Waals surface area (Å²) in [6.07, 6.45) is 1.92. The first-order valence-corrected chi connectivity index (χ1v) is 7.69. The summed E-state index contributed by atoms with van der Waals surface area (Å²) in [6, 6.07) is 0. The van der Waals surface area contributed by atoms with E-state index < -0.39 is 0 Å². The number of nitrogens with zero attached hydrogens (tertiary/aromatic N) is 4. The highest BCUT2D eigenvalue weighted by Gasteiger charge is 2.30. The minimum atomic E-state index is 0. The van der Waals surface area contributed by atoms with Crippen molar-refractivity contribution in [1.29, 1.82) is 0 Å². The lowest BCUT2D eigenvalue weighted by Gasteiger charge is -2.23. The summed E-state index contributed by atoms with van der Waals surface area (Å²) in [5.74, 6) is 2.72. The summed E-state index contributed by atoms with van der Waals surface area (Å²) in [5, 5.41) is 7.36. The van der Waals surface area contributed by atoms with Crippen LogP contribution in [0.1, 0.15) is 51.7 Å². The van der Waals surface area contributed by atoms with E-state index in [2.05, 4.69) is 53.0 Å². The zero-order valence-electron chi connectivity index (χ0n) is 14.2. The van der Waals surface area contributed by atoms with Crippen LogP contribution in [0.5, 0.6) is 0 Å². The fraction of sp³-hybridized carbons (Fsp3) is 0.800. The molecule has 2 rings (SSSR count). The Morgan fingerprint density at radius 2 is 2.18 bits per heavy atom. The molecule has 0 amide bonds. The van der Waals surface area contributed by atoms with E-state index in [0.29, 0.717) is 17.2 Å². The fourth-order valence-corrected chi connectivity index (χ4v) is 2.51. The van der Waals surface area contributed by atoms with Crippen LogP contribution in [-0.4, -0.2) is 47.7 Å². The number of halogens is 1. The van der Waals surface area contributed by atoms with Crippen molar-refractivity contribution in [3.8, 4) is 0 Å². The third-order valence-corrected chi connectivity index (χ3v) is 3.81. The van der Waals surface area contributed by atoms with Gasteiger partial charge in [-0.15, -0.1) is 24.0 Å². The predicted molar refractivity (Wildman–Crippen MR) is 98.8 cm³/mol. The van der Waals surface area contributed by atoms with Crippen LogP contribution in [0.4, 0.5) is 0 Å². The maximum atomic E-state index is 5.25. The van der Waals surface area contributed by atoms with Crippen molar-refractivity contribution >= 4 is 29.9 Å². The van der Waals surface area contributed by atoms with Crippen LogP contribution >= 0.6 is 24.0 Å². The number of aliphatic imine (C=N–C) groups is 1. The van der Waals surface area contributed by atoms with Gasteiger partial charge in [0.1, 0.15) is 0 Å². The monoisotopic (exact) mass is 421 g/mol. The van der Waals surface area contributed by atoms with E-state index in [1.54, 1.807) is 0 Å². The van der Waals surface area contributed by atoms with Gasteiger partial charge in [-0.2, -0.15) is 4.98 Å². The lowest BCUT2D eigenvalue weighted by Crippen LogP contribution is -2.41. The van der Waals surface area contributed by atoms with Gasteiger partial charge in [-0.05, 0) is 11.8 Å². The molecule has 1 aromatic heterocycles. The topological polar surface area (TPSA) is 66.5 Å². The molecular formula is C15H28IN5O. The zero-order chi connectivity index (χ0) is 15.5. The molecule has 0 atom stereocenters. The van der Waals surface area contributed by atoms with E-state index in [9.17, 15) is 0 Å². The van der Waals surface area contributed by atoms with Crippen LogP contribution in [0.3, 0.4) is 0 Å². The van der Waals surface area contributed by atoms with Gasteiger partial charge in [0.05, 0.1) is 0 Å². The SMILES string of the molecule is CN=C(NCCc1nc(C(C)C)no1)N1CCC(C)(C)C1.I. The van der Waals surface area contributed by atoms with Crippen molar-refractivity contribution in [1.82, 2.24) is 20.4 Å². The standard InChI is InChI=1S/C15H27N5O.HI/c1-11(2)13-18-12(21-19-13)6-8-17-14(16-5)20-9-7-15(3,4)10-20;/h11H,6-10H2,1-5H3,(H,16,17);1H. The Kier molecular flexibility index (Phi) is 7.08. The van der Waals surface area contributed by atoms with Crippen LogP contribution < -0.4 is 5.32 Å². The summed E-state index contributed by atoms with van der Waals surface area (Å²) in [7, 11) is 1.83. The Balaban J connectivity index is 0.00000242. The van der Waals surface area contributed by atoms with Crippen LogP contribution in [0.25, 0.3) is 0 Å². The molecule has 1 N–H and O–H groups in total. The van der Waals surface area contributed by atoms with E-state index in [4.69, 9.17) is 4.52 Å². The van der Waals surface area contributed by atoms with E-state index >= 15 is 0 Å². The number of nitrogens with one attached hydrogen (secondary N) is 1. The van der Waals surface area contributed by atoms with Crippen LogP contribution in [0.2, 0.25) is 0 Å². The number of rotatable bonds is 4. The van der Waals surface area contributed by atoms with Gasteiger partial charge in [0.25, 0.3) is 0 Å². The highest BCUT2D eigenvalue weighted by atomic mass is 127. The minimum Gasteiger partial charge on any atom is -0.356 e. The molecule has 0 aliphatic carbocycles. The van der Waals surface area contributed by atoms with Crippen molar-refractivity contribution in [3.63, 3.8) is 0 Å². The first-order chi connectivity index (χ1) is 9.91. The van der Waals surface area contributed by atoms with Crippen LogP contribution in [0.15, 0.2) is 9.52 Å². The van der Waals surface area contributed by atoms with Crippen LogP contribution in [0, 0.1) is 5.41 Å². The quantitative estimate of drug-likeness (QED) is 0.460. The summed E-state index contributed by atoms with van der Waals surface area (Å²) in [6.45, 7) is 11.6. The van der Waals surface area contributed by atoms with Crippen molar-refractivity contribution < 1.29 is 4.52 Å². The molecule has 0 radical (unpaired) electrons. The van der Waals surface area contributed by atoms with E-state index in [1.807, 2.05) is 7.05 Å². The summed E-state index contributed by atoms with van der Waals surface area (Å²) in [5.41, 5.74) is 0.371. The molecule has 0 aromatic carbocycles. The Labute approximate surface area is 150 Å². The normalized spacial score (nSPS) is 17.7. The summed E-state index contributed by atoms with van der Waals surface area (Å²) in [4.78, 5) is 11.1. The third kappa shape index (κ3) is 5.10. The van der Waals surface area contributed by atoms with Gasteiger partial charge in [0, 0.05) is 39.0 Å². The van der Waals surface area contributed by atoms with E-state index in [0.717, 1.165) is 37.8 Å². The maximum absolute atomic E-state index is 5.25. The molecule has 126 valence electrons. The molecule has 0 bridgehead atoms. The van der Waals surface area contributed by atoms with Crippen molar-refractivity contribution in [3.05, 3.63) is 11.7 Å². The molecule has 1 aliphatic rings. The Bertz CT molecular complexity index is 498. The molecular weight excluding hydrogens is 393 g/mol. The lowest BCUT2D eigenvalue weighted by molar-refractivity contribution is 0.364. The van der Waals surface area contributed by atoms with Crippen LogP contribution in [-0.2, 0) is 6.42 Å². The molecule has 2 heterocycles. The molecule has 1 aliphatic heterocycles. The molecule has 1 fully saturated rings. The highest BCUT2D eigenvalue weighted by molar-refractivity contribution is 14.0. The smallest absolute Gasteiger partial charge is 0.228 e. The number of hydrogen-bond donors (Lipinski definition) is 1. The largest absolute Gasteiger partial charge is 0.356 e. The average molecular weight is 421 g/mol. The van der Waals surface area contributed by atoms with Crippen molar-refractivity contribution in [2.45, 2.75) is 46.5 Å². The van der Waals surface area contributed by atoms with Crippen molar-refractivity contribution in [2.75, 3.05) is 26.7 Å². The Morgan fingerprint density at radius 1 is 1.45 bits per heavy atom. The highest BCUT2D eigenvalue weighted by Crippen LogP contribution is 2.28. The van der Waals surface area contributed by atoms with Gasteiger partial charge >= 0.3 is 0 Å². The average Bonchev–Trinajstić information content (AvgIpc) is 3.01. The number of likely N-dealkylation sites (tertiary alicyclic amines) is 1. The zero-order valence-corrected chi connectivity index (χ0v) is 16.5. The van der Waals surface area contributed by atoms with Crippen molar-refractivity contribution in [2.24, 2.45) is 10.4 Å². The number of hydrogen-bond acceptors (Lipinski definition) is 4. The first-order valence-electron chi connectivity index (χ1n) is 7.69. The minimum absolute atomic E-state index is 0. The second-order valence-electron chi connectivity index (χ2n) is 6.76. The lowest BCUT2D eigenvalue weighted by atomic mass is 9.93. The predicted octanol–water partition coefficient (Wildman–Crippen LogP) is 2.66. The molecule has 0 saturated carbocycles. The summed E-state index contributed by atoms with van der Waals surface area (Å²) < 4.78 is 5.25. The molecule has 0 unspecified atom stereocenters. The van der Waals surface area contributed by atoms with E-state index in [-0.39, 0.29) is 24.0 Å². The summed E-state index contributed by atoms with van der Waals surface area (Å²) >= 11 is 0. The van der Waals surface area contributed by atoms with Gasteiger partial charge in [-0.1, -0.05) is 32.9 Å². The van der Waals surface area contributed by atoms with Gasteiger partial charge in [-0.25, -0.2) is 0 Å². The first kappa shape index (κ1) is 19.2. The third-order valence-electron chi connectivity index (χ3n) is 3.81.